The zero-order valence-electron chi connectivity index (χ0n) is 23.2. The number of hydrogen-bond donors (Lipinski definition) is 0. The van der Waals surface area contributed by atoms with Gasteiger partial charge in [-0.1, -0.05) is 134 Å². The number of hydrogen-bond acceptors (Lipinski definition) is 4. The van der Waals surface area contributed by atoms with E-state index in [0.29, 0.717) is 0 Å². The van der Waals surface area contributed by atoms with E-state index in [4.69, 9.17) is 0 Å². The van der Waals surface area contributed by atoms with Crippen molar-refractivity contribution in [1.29, 1.82) is 0 Å². The van der Waals surface area contributed by atoms with Gasteiger partial charge in [0.05, 0.1) is 17.4 Å². The fraction of sp³-hybridized carbons (Fsp3) is 0.529. The van der Waals surface area contributed by atoms with Crippen LogP contribution >= 0.6 is 45.3 Å². The molecule has 5 rings (SSSR count). The fourth-order valence-corrected chi connectivity index (χ4v) is 11.2. The molecule has 0 spiro atoms. The normalized spacial score (nSPS) is 12.0. The zero-order valence-corrected chi connectivity index (χ0v) is 26.5. The summed E-state index contributed by atoms with van der Waals surface area (Å²) in [6.07, 6.45) is 24.3. The van der Waals surface area contributed by atoms with Crippen molar-refractivity contribution in [3.05, 3.63) is 47.3 Å². The molecule has 0 saturated heterocycles. The van der Waals surface area contributed by atoms with Gasteiger partial charge in [0.15, 0.2) is 0 Å². The third kappa shape index (κ3) is 7.50. The van der Waals surface area contributed by atoms with Crippen LogP contribution in [0, 0.1) is 0 Å². The van der Waals surface area contributed by atoms with Crippen LogP contribution in [0.4, 0.5) is 0 Å². The van der Waals surface area contributed by atoms with Crippen LogP contribution in [-0.4, -0.2) is 0 Å². The predicted molar refractivity (Wildman–Crippen MR) is 179 cm³/mol. The minimum atomic E-state index is 1.27. The summed E-state index contributed by atoms with van der Waals surface area (Å²) in [4.78, 5) is 3.00. The molecule has 5 aromatic rings. The van der Waals surface area contributed by atoms with Crippen LogP contribution < -0.4 is 0 Å². The van der Waals surface area contributed by atoms with Crippen LogP contribution in [0.3, 0.4) is 0 Å². The summed E-state index contributed by atoms with van der Waals surface area (Å²) in [6, 6.07) is 15.8. The molecule has 0 radical (unpaired) electrons. The van der Waals surface area contributed by atoms with Crippen LogP contribution in [0.25, 0.3) is 38.6 Å². The molecule has 0 amide bonds. The number of unbranched alkanes of at least 4 members (excludes halogenated alkanes) is 15. The van der Waals surface area contributed by atoms with E-state index in [0.717, 1.165) is 0 Å². The van der Waals surface area contributed by atoms with Crippen LogP contribution in [0.5, 0.6) is 0 Å². The van der Waals surface area contributed by atoms with Crippen molar-refractivity contribution in [2.24, 2.45) is 0 Å². The molecule has 0 atom stereocenters. The van der Waals surface area contributed by atoms with Gasteiger partial charge < -0.3 is 0 Å². The fourth-order valence-electron chi connectivity index (χ4n) is 5.61. The Morgan fingerprint density at radius 2 is 1.00 bits per heavy atom. The van der Waals surface area contributed by atoms with Gasteiger partial charge in [-0.15, -0.1) is 45.3 Å². The number of aryl methyl sites for hydroxylation is 1. The van der Waals surface area contributed by atoms with Crippen molar-refractivity contribution in [1.82, 2.24) is 0 Å². The number of fused-ring (bicyclic) bond motifs is 5. The Bertz CT molecular complexity index is 1360. The monoisotopic (exact) mass is 580 g/mol. The molecule has 1 aromatic carbocycles. The van der Waals surface area contributed by atoms with Crippen LogP contribution in [0.1, 0.15) is 115 Å². The molecule has 0 saturated carbocycles. The molecule has 38 heavy (non-hydrogen) atoms. The predicted octanol–water partition coefficient (Wildman–Crippen LogP) is 13.9. The lowest BCUT2D eigenvalue weighted by molar-refractivity contribution is 0.529. The van der Waals surface area contributed by atoms with E-state index in [-0.39, 0.29) is 0 Å². The zero-order chi connectivity index (χ0) is 26.0. The summed E-state index contributed by atoms with van der Waals surface area (Å²) in [7, 11) is 0. The first-order chi connectivity index (χ1) is 18.8. The highest BCUT2D eigenvalue weighted by Crippen LogP contribution is 2.50. The molecule has 0 fully saturated rings. The van der Waals surface area contributed by atoms with Gasteiger partial charge in [-0.3, -0.25) is 0 Å². The van der Waals surface area contributed by atoms with E-state index >= 15 is 0 Å². The minimum Gasteiger partial charge on any atom is -0.129 e. The average molecular weight is 581 g/mol. The minimum absolute atomic E-state index is 1.27. The van der Waals surface area contributed by atoms with E-state index in [2.05, 4.69) is 60.7 Å². The Labute approximate surface area is 246 Å². The van der Waals surface area contributed by atoms with Gasteiger partial charge >= 0.3 is 0 Å². The number of benzene rings is 1. The molecular formula is C34H44S4. The van der Waals surface area contributed by atoms with Gasteiger partial charge in [0, 0.05) is 20.5 Å². The Hall–Kier alpha value is -1.20. The molecular weight excluding hydrogens is 537 g/mol. The summed E-state index contributed by atoms with van der Waals surface area (Å²) in [5.41, 5.74) is 1.34. The molecule has 4 heteroatoms. The lowest BCUT2D eigenvalue weighted by Crippen LogP contribution is -1.84. The van der Waals surface area contributed by atoms with E-state index in [9.17, 15) is 0 Å². The summed E-state index contributed by atoms with van der Waals surface area (Å²) in [5, 5.41) is 3.00. The van der Waals surface area contributed by atoms with E-state index in [1.54, 1.807) is 4.88 Å². The smallest absolute Gasteiger partial charge is 0.0892 e. The van der Waals surface area contributed by atoms with Crippen LogP contribution in [-0.2, 0) is 6.42 Å². The van der Waals surface area contributed by atoms with Gasteiger partial charge in [0.2, 0.25) is 0 Å². The number of rotatable bonds is 18. The van der Waals surface area contributed by atoms with Gasteiger partial charge in [0.25, 0.3) is 0 Å². The summed E-state index contributed by atoms with van der Waals surface area (Å²) < 4.78 is 6.06. The first kappa shape index (κ1) is 28.3. The maximum absolute atomic E-state index is 2.52. The van der Waals surface area contributed by atoms with Gasteiger partial charge in [-0.2, -0.15) is 0 Å². The Morgan fingerprint density at radius 3 is 1.58 bits per heavy atom. The molecule has 204 valence electrons. The Morgan fingerprint density at radius 1 is 0.500 bits per heavy atom. The van der Waals surface area contributed by atoms with Crippen molar-refractivity contribution in [3.8, 4) is 10.4 Å². The topological polar surface area (TPSA) is 0 Å². The molecule has 0 aliphatic rings. The molecule has 0 bridgehead atoms. The standard InChI is InChI=1S/C34H44S4/c1-2-3-4-5-6-7-8-9-10-11-12-13-14-15-16-20-23-27-24-28-31-32(37-33(28)35-27)29-25-30(36-34(29)38-31)26-21-18-17-19-22-26/h17-19,21-22,24-25H,2-16,20,23H2,1H3. The van der Waals surface area contributed by atoms with Crippen molar-refractivity contribution >= 4 is 73.5 Å². The third-order valence-electron chi connectivity index (χ3n) is 7.87. The molecule has 0 N–H and O–H groups in total. The second-order valence-electron chi connectivity index (χ2n) is 11.0. The summed E-state index contributed by atoms with van der Waals surface area (Å²) >= 11 is 8.05. The highest BCUT2D eigenvalue weighted by molar-refractivity contribution is 7.49. The van der Waals surface area contributed by atoms with Crippen molar-refractivity contribution in [2.45, 2.75) is 116 Å². The quantitative estimate of drug-likeness (QED) is 0.0904. The maximum atomic E-state index is 2.52. The third-order valence-corrected chi connectivity index (χ3v) is 13.0. The molecule has 0 unspecified atom stereocenters. The van der Waals surface area contributed by atoms with E-state index < -0.39 is 0 Å². The van der Waals surface area contributed by atoms with Gasteiger partial charge in [0.1, 0.15) is 0 Å². The van der Waals surface area contributed by atoms with Crippen molar-refractivity contribution in [3.63, 3.8) is 0 Å². The number of thiophene rings is 4. The first-order valence-corrected chi connectivity index (χ1v) is 18.5. The van der Waals surface area contributed by atoms with Crippen LogP contribution in [0.2, 0.25) is 0 Å². The molecule has 0 aliphatic carbocycles. The highest BCUT2D eigenvalue weighted by atomic mass is 32.2. The van der Waals surface area contributed by atoms with Crippen molar-refractivity contribution < 1.29 is 0 Å². The van der Waals surface area contributed by atoms with Crippen molar-refractivity contribution in [2.75, 3.05) is 0 Å². The first-order valence-electron chi connectivity index (χ1n) is 15.3. The molecule has 4 heterocycles. The SMILES string of the molecule is CCCCCCCCCCCCCCCCCCc1cc2c(s1)sc1c3cc(-c4ccccc4)sc3sc21. The second-order valence-corrected chi connectivity index (χ2v) is 15.8. The molecule has 0 aliphatic heterocycles. The summed E-state index contributed by atoms with van der Waals surface area (Å²) in [6.45, 7) is 2.30. The lowest BCUT2D eigenvalue weighted by atomic mass is 10.0. The maximum Gasteiger partial charge on any atom is 0.0892 e. The second kappa shape index (κ2) is 15.0. The van der Waals surface area contributed by atoms with E-state index in [1.165, 1.54) is 148 Å². The largest absolute Gasteiger partial charge is 0.129 e. The van der Waals surface area contributed by atoms with E-state index in [1.807, 2.05) is 34.0 Å². The molecule has 0 nitrogen and oxygen atoms in total. The Balaban J connectivity index is 0.969. The average Bonchev–Trinajstić information content (AvgIpc) is 3.68. The highest BCUT2D eigenvalue weighted by Gasteiger charge is 2.17. The van der Waals surface area contributed by atoms with Crippen LogP contribution in [0.15, 0.2) is 42.5 Å². The lowest BCUT2D eigenvalue weighted by Gasteiger charge is -2.03. The van der Waals surface area contributed by atoms with Gasteiger partial charge in [-0.05, 0) is 30.5 Å². The molecule has 4 aromatic heterocycles. The Kier molecular flexibility index (Phi) is 11.2. The summed E-state index contributed by atoms with van der Waals surface area (Å²) in [5.74, 6) is 0. The van der Waals surface area contributed by atoms with Gasteiger partial charge in [-0.25, -0.2) is 0 Å².